The van der Waals surface area contributed by atoms with E-state index in [-0.39, 0.29) is 0 Å². The van der Waals surface area contributed by atoms with Gasteiger partial charge in [0.15, 0.2) is 0 Å². The molecule has 0 saturated carbocycles. The Morgan fingerprint density at radius 1 is 1.36 bits per heavy atom. The van der Waals surface area contributed by atoms with Gasteiger partial charge in [-0.15, -0.1) is 0 Å². The number of hydrogen-bond donors (Lipinski definition) is 2. The number of rotatable bonds is 1. The van der Waals surface area contributed by atoms with Gasteiger partial charge in [0, 0.05) is 0 Å². The SMILES string of the molecule is ONc1cccc2nsnc12. The van der Waals surface area contributed by atoms with Gasteiger partial charge in [-0.1, -0.05) is 6.07 Å². The van der Waals surface area contributed by atoms with Gasteiger partial charge in [0.05, 0.1) is 17.4 Å². The van der Waals surface area contributed by atoms with Crippen molar-refractivity contribution in [3.63, 3.8) is 0 Å². The molecular formula is C6H5N3OS. The molecule has 0 saturated heterocycles. The zero-order valence-electron chi connectivity index (χ0n) is 5.48. The molecule has 11 heavy (non-hydrogen) atoms. The quantitative estimate of drug-likeness (QED) is 0.632. The average molecular weight is 167 g/mol. The third-order valence-electron chi connectivity index (χ3n) is 1.41. The van der Waals surface area contributed by atoms with E-state index >= 15 is 0 Å². The third-order valence-corrected chi connectivity index (χ3v) is 1.95. The lowest BCUT2D eigenvalue weighted by molar-refractivity contribution is 0.389. The van der Waals surface area contributed by atoms with Gasteiger partial charge in [0.1, 0.15) is 11.0 Å². The van der Waals surface area contributed by atoms with Crippen LogP contribution in [0.2, 0.25) is 0 Å². The Bertz CT molecular complexity index is 373. The van der Waals surface area contributed by atoms with Crippen LogP contribution < -0.4 is 5.48 Å². The number of nitrogens with zero attached hydrogens (tertiary/aromatic N) is 2. The molecule has 0 spiro atoms. The Balaban J connectivity index is 2.79. The van der Waals surface area contributed by atoms with Crippen molar-refractivity contribution in [3.8, 4) is 0 Å². The molecule has 1 aromatic heterocycles. The molecule has 0 bridgehead atoms. The van der Waals surface area contributed by atoms with E-state index in [2.05, 4.69) is 14.2 Å². The maximum atomic E-state index is 8.64. The van der Waals surface area contributed by atoms with Crippen LogP contribution in [0.3, 0.4) is 0 Å². The summed E-state index contributed by atoms with van der Waals surface area (Å²) < 4.78 is 8.00. The molecule has 4 nitrogen and oxygen atoms in total. The van der Waals surface area contributed by atoms with E-state index in [1.54, 1.807) is 6.07 Å². The maximum Gasteiger partial charge on any atom is 0.130 e. The molecule has 0 aliphatic carbocycles. The van der Waals surface area contributed by atoms with Gasteiger partial charge in [-0.25, -0.2) is 0 Å². The van der Waals surface area contributed by atoms with E-state index in [0.29, 0.717) is 11.2 Å². The Morgan fingerprint density at radius 3 is 3.09 bits per heavy atom. The summed E-state index contributed by atoms with van der Waals surface area (Å²) in [5, 5.41) is 8.64. The molecule has 1 aromatic carbocycles. The zero-order valence-corrected chi connectivity index (χ0v) is 6.30. The minimum absolute atomic E-state index is 0.594. The van der Waals surface area contributed by atoms with Gasteiger partial charge in [-0.3, -0.25) is 10.7 Å². The largest absolute Gasteiger partial charge is 0.291 e. The molecule has 2 rings (SSSR count). The van der Waals surface area contributed by atoms with Crippen LogP contribution in [0.1, 0.15) is 0 Å². The second kappa shape index (κ2) is 2.44. The smallest absolute Gasteiger partial charge is 0.130 e. The summed E-state index contributed by atoms with van der Waals surface area (Å²) in [4.78, 5) is 0. The molecule has 0 aliphatic heterocycles. The first kappa shape index (κ1) is 6.51. The van der Waals surface area contributed by atoms with Crippen molar-refractivity contribution in [2.45, 2.75) is 0 Å². The number of anilines is 1. The number of benzene rings is 1. The lowest BCUT2D eigenvalue weighted by atomic mass is 10.3. The number of fused-ring (bicyclic) bond motifs is 1. The summed E-state index contributed by atoms with van der Waals surface area (Å²) in [5.74, 6) is 0. The molecule has 2 aromatic rings. The van der Waals surface area contributed by atoms with E-state index in [0.717, 1.165) is 17.2 Å². The fourth-order valence-corrected chi connectivity index (χ4v) is 1.45. The molecule has 0 unspecified atom stereocenters. The first-order chi connectivity index (χ1) is 5.42. The lowest BCUT2D eigenvalue weighted by Gasteiger charge is -1.95. The van der Waals surface area contributed by atoms with Gasteiger partial charge in [-0.05, 0) is 12.1 Å². The molecule has 0 aliphatic rings. The summed E-state index contributed by atoms with van der Waals surface area (Å²) in [6, 6.07) is 5.39. The first-order valence-electron chi connectivity index (χ1n) is 3.03. The van der Waals surface area contributed by atoms with Gasteiger partial charge < -0.3 is 0 Å². The number of aromatic nitrogens is 2. The van der Waals surface area contributed by atoms with Crippen molar-refractivity contribution >= 4 is 28.4 Å². The predicted octanol–water partition coefficient (Wildman–Crippen LogP) is 1.49. The highest BCUT2D eigenvalue weighted by atomic mass is 32.1. The molecule has 5 heteroatoms. The minimum Gasteiger partial charge on any atom is -0.291 e. The van der Waals surface area contributed by atoms with E-state index in [9.17, 15) is 0 Å². The van der Waals surface area contributed by atoms with Crippen molar-refractivity contribution in [3.05, 3.63) is 18.2 Å². The predicted molar refractivity (Wildman–Crippen MR) is 42.8 cm³/mol. The van der Waals surface area contributed by atoms with Crippen molar-refractivity contribution in [2.75, 3.05) is 5.48 Å². The minimum atomic E-state index is 0.594. The Hall–Kier alpha value is -1.20. The summed E-state index contributed by atoms with van der Waals surface area (Å²) in [6.07, 6.45) is 0. The van der Waals surface area contributed by atoms with Crippen LogP contribution in [-0.2, 0) is 0 Å². The molecule has 2 N–H and O–H groups in total. The van der Waals surface area contributed by atoms with Gasteiger partial charge in [0.2, 0.25) is 0 Å². The number of nitrogens with one attached hydrogen (secondary N) is 1. The topological polar surface area (TPSA) is 58.0 Å². The highest BCUT2D eigenvalue weighted by Gasteiger charge is 2.01. The summed E-state index contributed by atoms with van der Waals surface area (Å²) >= 11 is 1.13. The van der Waals surface area contributed by atoms with Crippen LogP contribution in [0, 0.1) is 0 Å². The summed E-state index contributed by atoms with van der Waals surface area (Å²) in [5.41, 5.74) is 4.16. The molecule has 0 amide bonds. The lowest BCUT2D eigenvalue weighted by Crippen LogP contribution is -1.89. The van der Waals surface area contributed by atoms with Crippen LogP contribution in [-0.4, -0.2) is 14.0 Å². The Morgan fingerprint density at radius 2 is 2.27 bits per heavy atom. The van der Waals surface area contributed by atoms with E-state index in [1.165, 1.54) is 0 Å². The second-order valence-electron chi connectivity index (χ2n) is 2.05. The molecule has 0 fully saturated rings. The monoisotopic (exact) mass is 167 g/mol. The van der Waals surface area contributed by atoms with E-state index in [1.807, 2.05) is 12.1 Å². The van der Waals surface area contributed by atoms with E-state index < -0.39 is 0 Å². The zero-order chi connectivity index (χ0) is 7.68. The van der Waals surface area contributed by atoms with Gasteiger partial charge in [0.25, 0.3) is 0 Å². The normalized spacial score (nSPS) is 10.3. The van der Waals surface area contributed by atoms with Crippen molar-refractivity contribution in [1.29, 1.82) is 0 Å². The van der Waals surface area contributed by atoms with Crippen LogP contribution in [0.4, 0.5) is 5.69 Å². The summed E-state index contributed by atoms with van der Waals surface area (Å²) in [7, 11) is 0. The summed E-state index contributed by atoms with van der Waals surface area (Å²) in [6.45, 7) is 0. The van der Waals surface area contributed by atoms with Crippen molar-refractivity contribution in [1.82, 2.24) is 8.75 Å². The highest BCUT2D eigenvalue weighted by Crippen LogP contribution is 2.19. The van der Waals surface area contributed by atoms with Crippen LogP contribution in [0.5, 0.6) is 0 Å². The van der Waals surface area contributed by atoms with Crippen LogP contribution >= 0.6 is 11.7 Å². The highest BCUT2D eigenvalue weighted by molar-refractivity contribution is 7.00. The first-order valence-corrected chi connectivity index (χ1v) is 3.76. The average Bonchev–Trinajstić information content (AvgIpc) is 2.50. The fourth-order valence-electron chi connectivity index (χ4n) is 0.896. The fraction of sp³-hybridized carbons (Fsp3) is 0. The number of hydrogen-bond acceptors (Lipinski definition) is 5. The molecule has 0 atom stereocenters. The van der Waals surface area contributed by atoms with Gasteiger partial charge in [-0.2, -0.15) is 8.75 Å². The molecule has 0 radical (unpaired) electrons. The molecule has 56 valence electrons. The second-order valence-corrected chi connectivity index (χ2v) is 2.58. The van der Waals surface area contributed by atoms with E-state index in [4.69, 9.17) is 5.21 Å². The standard InChI is InChI=1S/C6H5N3OS/c10-7-4-2-1-3-5-6(4)9-11-8-5/h1-3,7,10H. The van der Waals surface area contributed by atoms with Crippen molar-refractivity contribution in [2.24, 2.45) is 0 Å². The Kier molecular flexibility index (Phi) is 1.45. The molecule has 1 heterocycles. The third kappa shape index (κ3) is 0.941. The molecular weight excluding hydrogens is 162 g/mol. The Labute approximate surface area is 66.8 Å². The van der Waals surface area contributed by atoms with Gasteiger partial charge >= 0.3 is 0 Å². The maximum absolute atomic E-state index is 8.64. The van der Waals surface area contributed by atoms with Crippen molar-refractivity contribution < 1.29 is 5.21 Å². The van der Waals surface area contributed by atoms with Crippen LogP contribution in [0.25, 0.3) is 11.0 Å². The van der Waals surface area contributed by atoms with Crippen LogP contribution in [0.15, 0.2) is 18.2 Å².